The van der Waals surface area contributed by atoms with Gasteiger partial charge in [-0.25, -0.2) is 17.8 Å². The summed E-state index contributed by atoms with van der Waals surface area (Å²) in [5.41, 5.74) is 6.40. The van der Waals surface area contributed by atoms with Crippen LogP contribution in [0.1, 0.15) is 28.9 Å². The molecule has 0 spiro atoms. The SMILES string of the molecule is CC(Oc1cc(-c2c(C(N)=O)c(Nc3cnccn3)nn2C)ccc1NS(=O)(=O)C(F)F)c1ccc(F)cc1. The zero-order chi connectivity index (χ0) is 28.3. The average molecular weight is 562 g/mol. The lowest BCUT2D eigenvalue weighted by molar-refractivity contribution is 0.100. The third kappa shape index (κ3) is 6.09. The summed E-state index contributed by atoms with van der Waals surface area (Å²) < 4.78 is 72.5. The number of sulfonamides is 1. The molecule has 4 rings (SSSR count). The van der Waals surface area contributed by atoms with E-state index >= 15 is 0 Å². The van der Waals surface area contributed by atoms with Crippen molar-refractivity contribution in [3.63, 3.8) is 0 Å². The molecule has 204 valence electrons. The van der Waals surface area contributed by atoms with Crippen LogP contribution in [0.4, 0.5) is 30.5 Å². The number of aromatic nitrogens is 4. The first-order valence-electron chi connectivity index (χ1n) is 11.2. The number of nitrogens with one attached hydrogen (secondary N) is 2. The molecule has 1 atom stereocenters. The molecule has 1 amide bonds. The van der Waals surface area contributed by atoms with Crippen LogP contribution in [0.25, 0.3) is 11.3 Å². The van der Waals surface area contributed by atoms with E-state index in [0.717, 1.165) is 0 Å². The van der Waals surface area contributed by atoms with E-state index in [9.17, 15) is 26.4 Å². The van der Waals surface area contributed by atoms with E-state index in [0.29, 0.717) is 16.9 Å². The normalized spacial score (nSPS) is 12.3. The van der Waals surface area contributed by atoms with Gasteiger partial charge in [-0.3, -0.25) is 19.2 Å². The van der Waals surface area contributed by atoms with Gasteiger partial charge in [-0.05, 0) is 36.8 Å². The first-order chi connectivity index (χ1) is 18.5. The van der Waals surface area contributed by atoms with Gasteiger partial charge in [-0.15, -0.1) is 0 Å². The Hall–Kier alpha value is -4.66. The predicted octanol–water partition coefficient (Wildman–Crippen LogP) is 3.96. The second kappa shape index (κ2) is 11.0. The molecule has 11 nitrogen and oxygen atoms in total. The van der Waals surface area contributed by atoms with E-state index in [1.54, 1.807) is 14.0 Å². The second-order valence-corrected chi connectivity index (χ2v) is 9.86. The number of nitrogens with zero attached hydrogens (tertiary/aromatic N) is 4. The molecule has 1 unspecified atom stereocenters. The Morgan fingerprint density at radius 2 is 1.85 bits per heavy atom. The standard InChI is InChI=1S/C24H22F3N7O4S/c1-13(14-3-6-16(25)7-4-14)38-18-11-15(5-8-17(18)33-39(36,37)24(26)27)21-20(22(28)35)23(32-34(21)2)31-19-12-29-9-10-30-19/h3-13,24,33H,1-2H3,(H2,28,35)(H,30,31,32). The van der Waals surface area contributed by atoms with E-state index in [-0.39, 0.29) is 28.5 Å². The number of alkyl halides is 2. The van der Waals surface area contributed by atoms with Crippen molar-refractivity contribution in [1.29, 1.82) is 0 Å². The first kappa shape index (κ1) is 27.4. The van der Waals surface area contributed by atoms with Gasteiger partial charge in [0.25, 0.3) is 15.9 Å². The first-order valence-corrected chi connectivity index (χ1v) is 12.8. The molecule has 0 aliphatic rings. The molecule has 39 heavy (non-hydrogen) atoms. The van der Waals surface area contributed by atoms with Crippen molar-refractivity contribution in [2.45, 2.75) is 18.8 Å². The Morgan fingerprint density at radius 1 is 1.13 bits per heavy atom. The monoisotopic (exact) mass is 561 g/mol. The summed E-state index contributed by atoms with van der Waals surface area (Å²) in [6, 6.07) is 9.29. The number of amides is 1. The van der Waals surface area contributed by atoms with E-state index in [4.69, 9.17) is 10.5 Å². The molecule has 0 saturated heterocycles. The van der Waals surface area contributed by atoms with Gasteiger partial charge in [-0.1, -0.05) is 18.2 Å². The lowest BCUT2D eigenvalue weighted by atomic mass is 10.1. The van der Waals surface area contributed by atoms with Gasteiger partial charge in [0.1, 0.15) is 29.1 Å². The number of hydrogen-bond donors (Lipinski definition) is 3. The fraction of sp³-hybridized carbons (Fsp3) is 0.167. The molecule has 4 N–H and O–H groups in total. The number of ether oxygens (including phenoxy) is 1. The molecule has 15 heteroatoms. The van der Waals surface area contributed by atoms with E-state index in [1.165, 1.54) is 65.7 Å². The number of primary amides is 1. The predicted molar refractivity (Wildman–Crippen MR) is 136 cm³/mol. The van der Waals surface area contributed by atoms with Gasteiger partial charge in [0.2, 0.25) is 0 Å². The molecular weight excluding hydrogens is 539 g/mol. The maximum absolute atomic E-state index is 13.4. The number of nitrogens with two attached hydrogens (primary N) is 1. The molecule has 4 aromatic rings. The third-order valence-corrected chi connectivity index (χ3v) is 6.46. The highest BCUT2D eigenvalue weighted by molar-refractivity contribution is 7.93. The van der Waals surface area contributed by atoms with Gasteiger partial charge < -0.3 is 15.8 Å². The van der Waals surface area contributed by atoms with Crippen LogP contribution in [0, 0.1) is 5.82 Å². The van der Waals surface area contributed by atoms with Gasteiger partial charge in [-0.2, -0.15) is 13.9 Å². The lowest BCUT2D eigenvalue weighted by Gasteiger charge is -2.20. The molecule has 2 aromatic heterocycles. The van der Waals surface area contributed by atoms with Crippen LogP contribution in [0.15, 0.2) is 61.1 Å². The summed E-state index contributed by atoms with van der Waals surface area (Å²) in [7, 11) is -3.50. The van der Waals surface area contributed by atoms with Crippen molar-refractivity contribution in [3.8, 4) is 17.0 Å². The number of carbonyl (C=O) groups excluding carboxylic acids is 1. The Balaban J connectivity index is 1.80. The maximum atomic E-state index is 13.4. The number of anilines is 3. The molecule has 0 bridgehead atoms. The minimum absolute atomic E-state index is 0.0263. The maximum Gasteiger partial charge on any atom is 0.355 e. The molecule has 0 fully saturated rings. The highest BCUT2D eigenvalue weighted by atomic mass is 32.2. The van der Waals surface area contributed by atoms with Gasteiger partial charge in [0, 0.05) is 25.0 Å². The topological polar surface area (TPSA) is 154 Å². The molecule has 0 aliphatic carbocycles. The third-order valence-electron chi connectivity index (χ3n) is 5.49. The number of benzene rings is 2. The summed E-state index contributed by atoms with van der Waals surface area (Å²) in [5.74, 6) is -4.79. The van der Waals surface area contributed by atoms with Crippen molar-refractivity contribution in [2.75, 3.05) is 10.0 Å². The van der Waals surface area contributed by atoms with E-state index in [1.807, 2.05) is 4.72 Å². The zero-order valence-corrected chi connectivity index (χ0v) is 21.3. The summed E-state index contributed by atoms with van der Waals surface area (Å²) in [5, 5.41) is 7.17. The minimum Gasteiger partial charge on any atom is -0.484 e. The van der Waals surface area contributed by atoms with E-state index < -0.39 is 33.6 Å². The summed E-state index contributed by atoms with van der Waals surface area (Å²) >= 11 is 0. The Labute approximate surface area is 220 Å². The average Bonchev–Trinajstić information content (AvgIpc) is 3.21. The van der Waals surface area contributed by atoms with Crippen LogP contribution in [-0.4, -0.2) is 39.8 Å². The van der Waals surface area contributed by atoms with Gasteiger partial charge in [0.05, 0.1) is 17.6 Å². The molecule has 0 saturated carbocycles. The van der Waals surface area contributed by atoms with Crippen LogP contribution in [0.3, 0.4) is 0 Å². The van der Waals surface area contributed by atoms with Crippen molar-refractivity contribution in [1.82, 2.24) is 19.7 Å². The van der Waals surface area contributed by atoms with E-state index in [2.05, 4.69) is 20.4 Å². The molecular formula is C24H22F3N7O4S. The Kier molecular flexibility index (Phi) is 7.71. The van der Waals surface area contributed by atoms with Crippen LogP contribution >= 0.6 is 0 Å². The van der Waals surface area contributed by atoms with Crippen LogP contribution in [0.2, 0.25) is 0 Å². The zero-order valence-electron chi connectivity index (χ0n) is 20.5. The van der Waals surface area contributed by atoms with Gasteiger partial charge >= 0.3 is 5.76 Å². The molecule has 2 aromatic carbocycles. The minimum atomic E-state index is -5.04. The van der Waals surface area contributed by atoms with Crippen molar-refractivity contribution < 1.29 is 31.1 Å². The van der Waals surface area contributed by atoms with Crippen molar-refractivity contribution in [3.05, 3.63) is 78.0 Å². The highest BCUT2D eigenvalue weighted by Crippen LogP contribution is 2.37. The Morgan fingerprint density at radius 3 is 2.46 bits per heavy atom. The smallest absolute Gasteiger partial charge is 0.355 e. The highest BCUT2D eigenvalue weighted by Gasteiger charge is 2.27. The lowest BCUT2D eigenvalue weighted by Crippen LogP contribution is -2.21. The van der Waals surface area contributed by atoms with Crippen LogP contribution in [0.5, 0.6) is 5.75 Å². The van der Waals surface area contributed by atoms with Crippen molar-refractivity contribution in [2.24, 2.45) is 12.8 Å². The number of aryl methyl sites for hydroxylation is 1. The fourth-order valence-corrected chi connectivity index (χ4v) is 4.27. The number of carbonyl (C=O) groups is 1. The Bertz CT molecular complexity index is 1600. The summed E-state index contributed by atoms with van der Waals surface area (Å²) in [4.78, 5) is 20.5. The molecule has 0 radical (unpaired) electrons. The quantitative estimate of drug-likeness (QED) is 0.263. The molecule has 0 aliphatic heterocycles. The van der Waals surface area contributed by atoms with Gasteiger partial charge in [0.15, 0.2) is 5.82 Å². The summed E-state index contributed by atoms with van der Waals surface area (Å²) in [6.45, 7) is 1.60. The second-order valence-electron chi connectivity index (χ2n) is 8.21. The number of hydrogen-bond acceptors (Lipinski definition) is 8. The van der Waals surface area contributed by atoms with Crippen LogP contribution < -0.4 is 20.5 Å². The molecule has 2 heterocycles. The fourth-order valence-electron chi connectivity index (χ4n) is 3.70. The van der Waals surface area contributed by atoms with Crippen molar-refractivity contribution >= 4 is 33.3 Å². The number of halogens is 3. The largest absolute Gasteiger partial charge is 0.484 e. The van der Waals surface area contributed by atoms with Crippen LogP contribution in [-0.2, 0) is 17.1 Å². The number of rotatable bonds is 10. The summed E-state index contributed by atoms with van der Waals surface area (Å²) in [6.07, 6.45) is 3.54.